The number of hydrogen-bond donors (Lipinski definition) is 2. The second-order valence-electron chi connectivity index (χ2n) is 5.25. The molecule has 3 nitrogen and oxygen atoms in total. The van der Waals surface area contributed by atoms with Crippen molar-refractivity contribution in [3.63, 3.8) is 0 Å². The van der Waals surface area contributed by atoms with E-state index in [-0.39, 0.29) is 5.69 Å². The first-order chi connectivity index (χ1) is 11.3. The molecule has 24 heavy (non-hydrogen) atoms. The summed E-state index contributed by atoms with van der Waals surface area (Å²) >= 11 is 0. The third kappa shape index (κ3) is 5.79. The molecule has 0 radical (unpaired) electrons. The van der Waals surface area contributed by atoms with Gasteiger partial charge in [-0.25, -0.2) is 0 Å². The number of anilines is 2. The number of para-hydroxylation sites is 2. The molecule has 2 rings (SSSR count). The number of alkyl halides is 3. The number of nitrogens with one attached hydrogen (secondary N) is 2. The number of benzene rings is 2. The maximum absolute atomic E-state index is 12.3. The summed E-state index contributed by atoms with van der Waals surface area (Å²) in [4.78, 5) is 12.0. The van der Waals surface area contributed by atoms with E-state index in [9.17, 15) is 18.0 Å². The normalized spacial score (nSPS) is 11.5. The summed E-state index contributed by atoms with van der Waals surface area (Å²) < 4.78 is 36.9. The van der Waals surface area contributed by atoms with E-state index >= 15 is 0 Å². The summed E-state index contributed by atoms with van der Waals surface area (Å²) in [5.41, 5.74) is 2.48. The van der Waals surface area contributed by atoms with Crippen molar-refractivity contribution in [2.45, 2.75) is 13.1 Å². The molecule has 0 aliphatic rings. The van der Waals surface area contributed by atoms with Crippen molar-refractivity contribution in [2.24, 2.45) is 0 Å². The Labute approximate surface area is 138 Å². The number of carbonyl (C=O) groups excluding carboxylic acids is 1. The van der Waals surface area contributed by atoms with Crippen LogP contribution in [0.25, 0.3) is 6.08 Å². The fourth-order valence-electron chi connectivity index (χ4n) is 1.97. The van der Waals surface area contributed by atoms with Crippen LogP contribution in [0, 0.1) is 6.92 Å². The lowest BCUT2D eigenvalue weighted by Crippen LogP contribution is -2.22. The molecule has 0 saturated heterocycles. The molecule has 0 aromatic heterocycles. The summed E-state index contributed by atoms with van der Waals surface area (Å²) in [5, 5.41) is 4.85. The highest BCUT2D eigenvalue weighted by atomic mass is 19.4. The van der Waals surface area contributed by atoms with Crippen LogP contribution < -0.4 is 10.6 Å². The maximum Gasteiger partial charge on any atom is 0.405 e. The van der Waals surface area contributed by atoms with Crippen molar-refractivity contribution >= 4 is 23.4 Å². The lowest BCUT2D eigenvalue weighted by atomic mass is 10.1. The van der Waals surface area contributed by atoms with Crippen molar-refractivity contribution in [3.05, 3.63) is 65.7 Å². The van der Waals surface area contributed by atoms with E-state index in [4.69, 9.17) is 0 Å². The van der Waals surface area contributed by atoms with Crippen LogP contribution in [0.2, 0.25) is 0 Å². The summed E-state index contributed by atoms with van der Waals surface area (Å²) in [6.45, 7) is 0.796. The first-order valence-corrected chi connectivity index (χ1v) is 7.29. The first-order valence-electron chi connectivity index (χ1n) is 7.29. The fraction of sp³-hybridized carbons (Fsp3) is 0.167. The topological polar surface area (TPSA) is 41.1 Å². The van der Waals surface area contributed by atoms with E-state index in [1.165, 1.54) is 18.2 Å². The molecule has 0 aliphatic carbocycles. The molecule has 0 spiro atoms. The summed E-state index contributed by atoms with van der Waals surface area (Å²) in [6.07, 6.45) is -1.35. The molecule has 0 unspecified atom stereocenters. The third-order valence-corrected chi connectivity index (χ3v) is 3.17. The molecule has 0 saturated carbocycles. The van der Waals surface area contributed by atoms with Crippen molar-refractivity contribution in [3.8, 4) is 0 Å². The quantitative estimate of drug-likeness (QED) is 0.783. The zero-order valence-corrected chi connectivity index (χ0v) is 13.0. The molecule has 2 aromatic rings. The molecule has 6 heteroatoms. The van der Waals surface area contributed by atoms with Crippen LogP contribution in [-0.4, -0.2) is 18.6 Å². The van der Waals surface area contributed by atoms with Gasteiger partial charge in [0, 0.05) is 6.08 Å². The van der Waals surface area contributed by atoms with Gasteiger partial charge >= 0.3 is 6.18 Å². The van der Waals surface area contributed by atoms with Gasteiger partial charge in [0.15, 0.2) is 0 Å². The lowest BCUT2D eigenvalue weighted by molar-refractivity contribution is -0.115. The maximum atomic E-state index is 12.3. The molecule has 0 atom stereocenters. The predicted molar refractivity (Wildman–Crippen MR) is 89.8 cm³/mol. The zero-order chi connectivity index (χ0) is 17.6. The average molecular weight is 334 g/mol. The summed E-state index contributed by atoms with van der Waals surface area (Å²) in [5.74, 6) is -0.420. The van der Waals surface area contributed by atoms with E-state index < -0.39 is 18.6 Å². The SMILES string of the molecule is Cc1ccc(/C=C/C(=O)Nc2ccccc2NCC(F)(F)F)cc1. The minimum atomic E-state index is -4.33. The molecule has 0 fully saturated rings. The van der Waals surface area contributed by atoms with Crippen LogP contribution in [0.4, 0.5) is 24.5 Å². The van der Waals surface area contributed by atoms with Gasteiger partial charge in [-0.3, -0.25) is 4.79 Å². The molecule has 1 amide bonds. The Balaban J connectivity index is 2.02. The van der Waals surface area contributed by atoms with E-state index in [1.807, 2.05) is 31.2 Å². The van der Waals surface area contributed by atoms with E-state index in [0.29, 0.717) is 5.69 Å². The Hall–Kier alpha value is -2.76. The van der Waals surface area contributed by atoms with Crippen LogP contribution in [-0.2, 0) is 4.79 Å². The van der Waals surface area contributed by atoms with Crippen LogP contribution in [0.5, 0.6) is 0 Å². The van der Waals surface area contributed by atoms with Crippen LogP contribution in [0.15, 0.2) is 54.6 Å². The minimum absolute atomic E-state index is 0.215. The number of rotatable bonds is 5. The first kappa shape index (κ1) is 17.6. The van der Waals surface area contributed by atoms with E-state index in [0.717, 1.165) is 11.1 Å². The Bertz CT molecular complexity index is 722. The number of amides is 1. The van der Waals surface area contributed by atoms with Gasteiger partial charge in [-0.2, -0.15) is 13.2 Å². The Morgan fingerprint density at radius 2 is 1.67 bits per heavy atom. The molecular weight excluding hydrogens is 317 g/mol. The van der Waals surface area contributed by atoms with Gasteiger partial charge in [0.2, 0.25) is 5.91 Å². The molecule has 2 N–H and O–H groups in total. The Morgan fingerprint density at radius 3 is 2.29 bits per heavy atom. The minimum Gasteiger partial charge on any atom is -0.375 e. The number of aryl methyl sites for hydroxylation is 1. The number of hydrogen-bond acceptors (Lipinski definition) is 2. The third-order valence-electron chi connectivity index (χ3n) is 3.17. The van der Waals surface area contributed by atoms with Gasteiger partial charge in [0.1, 0.15) is 6.54 Å². The standard InChI is InChI=1S/C18H17F3N2O/c1-13-6-8-14(9-7-13)10-11-17(24)23-16-5-3-2-4-15(16)22-12-18(19,20)21/h2-11,22H,12H2,1H3,(H,23,24)/b11-10+. The largest absolute Gasteiger partial charge is 0.405 e. The van der Waals surface area contributed by atoms with Crippen molar-refractivity contribution in [2.75, 3.05) is 17.2 Å². The predicted octanol–water partition coefficient (Wildman–Crippen LogP) is 4.62. The Kier molecular flexibility index (Phi) is 5.63. The van der Waals surface area contributed by atoms with Crippen LogP contribution in [0.3, 0.4) is 0 Å². The van der Waals surface area contributed by atoms with Gasteiger partial charge in [-0.15, -0.1) is 0 Å². The molecule has 2 aromatic carbocycles. The second-order valence-corrected chi connectivity index (χ2v) is 5.25. The molecule has 0 bridgehead atoms. The molecule has 0 aliphatic heterocycles. The highest BCUT2D eigenvalue weighted by Crippen LogP contribution is 2.23. The van der Waals surface area contributed by atoms with Gasteiger partial charge in [0.25, 0.3) is 0 Å². The van der Waals surface area contributed by atoms with Crippen LogP contribution >= 0.6 is 0 Å². The van der Waals surface area contributed by atoms with Crippen molar-refractivity contribution < 1.29 is 18.0 Å². The highest BCUT2D eigenvalue weighted by Gasteiger charge is 2.26. The average Bonchev–Trinajstić information content (AvgIpc) is 2.53. The lowest BCUT2D eigenvalue weighted by Gasteiger charge is -2.13. The molecular formula is C18H17F3N2O. The smallest absolute Gasteiger partial charge is 0.375 e. The summed E-state index contributed by atoms with van der Waals surface area (Å²) in [7, 11) is 0. The number of halogens is 3. The van der Waals surface area contributed by atoms with Gasteiger partial charge < -0.3 is 10.6 Å². The number of carbonyl (C=O) groups is 1. The van der Waals surface area contributed by atoms with Crippen molar-refractivity contribution in [1.82, 2.24) is 0 Å². The monoisotopic (exact) mass is 334 g/mol. The van der Waals surface area contributed by atoms with E-state index in [1.54, 1.807) is 18.2 Å². The van der Waals surface area contributed by atoms with Gasteiger partial charge in [-0.05, 0) is 30.7 Å². The Morgan fingerprint density at radius 1 is 1.04 bits per heavy atom. The van der Waals surface area contributed by atoms with Gasteiger partial charge in [-0.1, -0.05) is 42.0 Å². The van der Waals surface area contributed by atoms with Crippen molar-refractivity contribution in [1.29, 1.82) is 0 Å². The molecule has 126 valence electrons. The van der Waals surface area contributed by atoms with Gasteiger partial charge in [0.05, 0.1) is 11.4 Å². The highest BCUT2D eigenvalue weighted by molar-refractivity contribution is 6.03. The fourth-order valence-corrected chi connectivity index (χ4v) is 1.97. The second kappa shape index (κ2) is 7.68. The summed E-state index contributed by atoms with van der Waals surface area (Å²) in [6, 6.07) is 13.8. The van der Waals surface area contributed by atoms with E-state index in [2.05, 4.69) is 10.6 Å². The molecule has 0 heterocycles. The van der Waals surface area contributed by atoms with Crippen LogP contribution in [0.1, 0.15) is 11.1 Å². The zero-order valence-electron chi connectivity index (χ0n) is 13.0.